The number of nitrogens with zero attached hydrogens (tertiary/aromatic N) is 4. The van der Waals surface area contributed by atoms with Crippen molar-refractivity contribution in [1.29, 1.82) is 0 Å². The van der Waals surface area contributed by atoms with Crippen LogP contribution in [-0.4, -0.2) is 38.1 Å². The van der Waals surface area contributed by atoms with Crippen LogP contribution < -0.4 is 16.0 Å². The molecule has 26 heavy (non-hydrogen) atoms. The van der Waals surface area contributed by atoms with E-state index in [0.29, 0.717) is 12.2 Å². The number of nitrogens with one attached hydrogen (secondary N) is 3. The minimum Gasteiger partial charge on any atom is -0.351 e. The maximum absolute atomic E-state index is 11.7. The van der Waals surface area contributed by atoms with E-state index in [0.717, 1.165) is 16.8 Å². The van der Waals surface area contributed by atoms with Gasteiger partial charge in [-0.2, -0.15) is 4.98 Å². The lowest BCUT2D eigenvalue weighted by Crippen LogP contribution is -2.28. The van der Waals surface area contributed by atoms with Crippen LogP contribution >= 0.6 is 0 Å². The highest BCUT2D eigenvalue weighted by Crippen LogP contribution is 2.22. The molecule has 0 atom stereocenters. The molecule has 9 nitrogen and oxygen atoms in total. The number of fused-ring (bicyclic) bond motifs is 1. The molecule has 0 saturated heterocycles. The highest BCUT2D eigenvalue weighted by Gasteiger charge is 2.13. The SMILES string of the molecule is CCNC(=O)Nc1nc2cc(-c3cccnc3)cc(CNC(C)=O)n2n1. The summed E-state index contributed by atoms with van der Waals surface area (Å²) in [6, 6.07) is 7.16. The number of pyridine rings is 2. The minimum atomic E-state index is -0.376. The molecule has 0 unspecified atom stereocenters. The quantitative estimate of drug-likeness (QED) is 0.644. The zero-order valence-electron chi connectivity index (χ0n) is 14.5. The van der Waals surface area contributed by atoms with Gasteiger partial charge in [-0.1, -0.05) is 6.07 Å². The predicted molar refractivity (Wildman–Crippen MR) is 96.4 cm³/mol. The average molecular weight is 353 g/mol. The van der Waals surface area contributed by atoms with Gasteiger partial charge in [-0.15, -0.1) is 5.10 Å². The fourth-order valence-corrected chi connectivity index (χ4v) is 2.45. The van der Waals surface area contributed by atoms with Gasteiger partial charge in [0.25, 0.3) is 5.95 Å². The molecule has 9 heteroatoms. The number of hydrogen-bond acceptors (Lipinski definition) is 5. The predicted octanol–water partition coefficient (Wildman–Crippen LogP) is 1.57. The number of amides is 3. The monoisotopic (exact) mass is 353 g/mol. The highest BCUT2D eigenvalue weighted by atomic mass is 16.2. The molecule has 0 bridgehead atoms. The third-order valence-corrected chi connectivity index (χ3v) is 3.59. The summed E-state index contributed by atoms with van der Waals surface area (Å²) in [6.45, 7) is 4.05. The van der Waals surface area contributed by atoms with Gasteiger partial charge in [0.05, 0.1) is 12.2 Å². The zero-order valence-corrected chi connectivity index (χ0v) is 14.5. The van der Waals surface area contributed by atoms with E-state index in [9.17, 15) is 9.59 Å². The second-order valence-electron chi connectivity index (χ2n) is 5.58. The number of carbonyl (C=O) groups excluding carboxylic acids is 2. The Bertz CT molecular complexity index is 937. The summed E-state index contributed by atoms with van der Waals surface area (Å²) in [4.78, 5) is 31.5. The van der Waals surface area contributed by atoms with Crippen LogP contribution in [0, 0.1) is 0 Å². The van der Waals surface area contributed by atoms with Gasteiger partial charge in [0.1, 0.15) is 0 Å². The molecular formula is C17H19N7O2. The van der Waals surface area contributed by atoms with Crippen LogP contribution in [0.3, 0.4) is 0 Å². The Hall–Kier alpha value is -3.49. The first-order valence-electron chi connectivity index (χ1n) is 8.16. The van der Waals surface area contributed by atoms with Crippen molar-refractivity contribution in [3.8, 4) is 11.1 Å². The third kappa shape index (κ3) is 3.94. The van der Waals surface area contributed by atoms with Crippen molar-refractivity contribution in [2.45, 2.75) is 20.4 Å². The summed E-state index contributed by atoms with van der Waals surface area (Å²) in [7, 11) is 0. The Morgan fingerprint density at radius 1 is 1.19 bits per heavy atom. The fourth-order valence-electron chi connectivity index (χ4n) is 2.45. The molecule has 3 aromatic heterocycles. The molecule has 0 aliphatic carbocycles. The topological polar surface area (TPSA) is 113 Å². The van der Waals surface area contributed by atoms with Gasteiger partial charge in [0.2, 0.25) is 5.91 Å². The molecular weight excluding hydrogens is 334 g/mol. The van der Waals surface area contributed by atoms with Crippen LogP contribution in [0.15, 0.2) is 36.7 Å². The summed E-state index contributed by atoms with van der Waals surface area (Å²) in [6.07, 6.45) is 3.45. The molecule has 0 aliphatic heterocycles. The molecule has 3 rings (SSSR count). The van der Waals surface area contributed by atoms with Gasteiger partial charge in [-0.05, 0) is 30.7 Å². The van der Waals surface area contributed by atoms with Crippen LogP contribution in [0.5, 0.6) is 0 Å². The van der Waals surface area contributed by atoms with Gasteiger partial charge in [0.15, 0.2) is 5.65 Å². The lowest BCUT2D eigenvalue weighted by molar-refractivity contribution is -0.119. The van der Waals surface area contributed by atoms with E-state index in [1.807, 2.05) is 31.2 Å². The summed E-state index contributed by atoms with van der Waals surface area (Å²) >= 11 is 0. The molecule has 0 aliphatic rings. The van der Waals surface area contributed by atoms with E-state index in [1.165, 1.54) is 6.92 Å². The number of aromatic nitrogens is 4. The van der Waals surface area contributed by atoms with Crippen molar-refractivity contribution in [3.63, 3.8) is 0 Å². The molecule has 0 radical (unpaired) electrons. The molecule has 3 aromatic rings. The van der Waals surface area contributed by atoms with Crippen LogP contribution in [0.4, 0.5) is 10.7 Å². The van der Waals surface area contributed by atoms with Crippen LogP contribution in [0.2, 0.25) is 0 Å². The summed E-state index contributed by atoms with van der Waals surface area (Å²) < 4.78 is 1.59. The van der Waals surface area contributed by atoms with E-state index in [4.69, 9.17) is 0 Å². The first-order chi connectivity index (χ1) is 12.6. The fraction of sp³-hybridized carbons (Fsp3) is 0.235. The summed E-state index contributed by atoms with van der Waals surface area (Å²) in [5.74, 6) is 0.0362. The Kier molecular flexibility index (Phi) is 5.07. The van der Waals surface area contributed by atoms with Gasteiger partial charge in [-0.25, -0.2) is 9.31 Å². The van der Waals surface area contributed by atoms with Gasteiger partial charge < -0.3 is 10.6 Å². The molecule has 0 fully saturated rings. The maximum atomic E-state index is 11.7. The van der Waals surface area contributed by atoms with E-state index in [-0.39, 0.29) is 24.4 Å². The van der Waals surface area contributed by atoms with Crippen molar-refractivity contribution < 1.29 is 9.59 Å². The summed E-state index contributed by atoms with van der Waals surface area (Å²) in [5, 5.41) is 12.3. The van der Waals surface area contributed by atoms with Crippen molar-refractivity contribution in [1.82, 2.24) is 30.2 Å². The van der Waals surface area contributed by atoms with Crippen molar-refractivity contribution in [3.05, 3.63) is 42.4 Å². The molecule has 134 valence electrons. The minimum absolute atomic E-state index is 0.147. The molecule has 0 spiro atoms. The first-order valence-corrected chi connectivity index (χ1v) is 8.16. The van der Waals surface area contributed by atoms with E-state index in [2.05, 4.69) is 31.0 Å². The lowest BCUT2D eigenvalue weighted by Gasteiger charge is -2.08. The number of urea groups is 1. The molecule has 3 amide bonds. The Labute approximate surface area is 149 Å². The molecule has 3 N–H and O–H groups in total. The van der Waals surface area contributed by atoms with Gasteiger partial charge >= 0.3 is 6.03 Å². The average Bonchev–Trinajstić information content (AvgIpc) is 3.02. The van der Waals surface area contributed by atoms with Crippen molar-refractivity contribution in [2.75, 3.05) is 11.9 Å². The van der Waals surface area contributed by atoms with Crippen LogP contribution in [0.1, 0.15) is 19.5 Å². The normalized spacial score (nSPS) is 10.5. The third-order valence-electron chi connectivity index (χ3n) is 3.59. The summed E-state index contributed by atoms with van der Waals surface area (Å²) in [5.41, 5.74) is 3.09. The Morgan fingerprint density at radius 3 is 2.73 bits per heavy atom. The van der Waals surface area contributed by atoms with Crippen LogP contribution in [-0.2, 0) is 11.3 Å². The van der Waals surface area contributed by atoms with E-state index >= 15 is 0 Å². The lowest BCUT2D eigenvalue weighted by atomic mass is 10.1. The van der Waals surface area contributed by atoms with E-state index in [1.54, 1.807) is 16.9 Å². The van der Waals surface area contributed by atoms with Crippen molar-refractivity contribution >= 4 is 23.5 Å². The second kappa shape index (κ2) is 7.60. The largest absolute Gasteiger partial charge is 0.351 e. The Balaban J connectivity index is 2.02. The van der Waals surface area contributed by atoms with Crippen molar-refractivity contribution in [2.24, 2.45) is 0 Å². The zero-order chi connectivity index (χ0) is 18.5. The number of rotatable bonds is 5. The number of anilines is 1. The highest BCUT2D eigenvalue weighted by molar-refractivity contribution is 5.87. The van der Waals surface area contributed by atoms with Gasteiger partial charge in [-0.3, -0.25) is 15.1 Å². The van der Waals surface area contributed by atoms with E-state index < -0.39 is 0 Å². The number of hydrogen-bond donors (Lipinski definition) is 3. The second-order valence-corrected chi connectivity index (χ2v) is 5.58. The first kappa shape index (κ1) is 17.3. The number of carbonyl (C=O) groups is 2. The molecule has 0 saturated carbocycles. The molecule has 3 heterocycles. The Morgan fingerprint density at radius 2 is 2.04 bits per heavy atom. The molecule has 0 aromatic carbocycles. The maximum Gasteiger partial charge on any atom is 0.321 e. The standard InChI is InChI=1S/C17H19N7O2/c1-3-19-17(26)22-16-21-15-8-13(12-5-4-6-18-9-12)7-14(24(15)23-16)10-20-11(2)25/h4-9H,3,10H2,1-2H3,(H,20,25)(H2,19,22,23,26). The van der Waals surface area contributed by atoms with Gasteiger partial charge in [0, 0.05) is 31.4 Å². The van der Waals surface area contributed by atoms with Crippen LogP contribution in [0.25, 0.3) is 16.8 Å². The smallest absolute Gasteiger partial charge is 0.321 e.